The fourth-order valence-corrected chi connectivity index (χ4v) is 11.9. The van der Waals surface area contributed by atoms with E-state index in [-0.39, 0.29) is 6.71 Å². The summed E-state index contributed by atoms with van der Waals surface area (Å²) in [5.74, 6) is 0. The minimum absolute atomic E-state index is 0.00281. The van der Waals surface area contributed by atoms with Gasteiger partial charge in [-0.15, -0.1) is 0 Å². The number of benzene rings is 10. The first kappa shape index (κ1) is 35.0. The Bertz CT molecular complexity index is 4110. The van der Waals surface area contributed by atoms with Crippen molar-refractivity contribution in [3.05, 3.63) is 224 Å². The topological polar surface area (TPSA) is 18.0 Å². The van der Waals surface area contributed by atoms with E-state index in [1.807, 2.05) is 0 Å². The van der Waals surface area contributed by atoms with Crippen LogP contribution in [0.25, 0.3) is 93.6 Å². The molecule has 0 fully saturated rings. The van der Waals surface area contributed by atoms with Crippen LogP contribution in [0.5, 0.6) is 0 Å². The molecule has 0 spiro atoms. The Labute approximate surface area is 375 Å². The maximum Gasteiger partial charge on any atom is 0.252 e. The number of anilines is 3. The predicted molar refractivity (Wildman–Crippen MR) is 274 cm³/mol. The molecule has 5 heteroatoms. The molecule has 0 aliphatic carbocycles. The minimum atomic E-state index is -0.00281. The van der Waals surface area contributed by atoms with Gasteiger partial charge in [0.25, 0.3) is 6.71 Å². The third kappa shape index (κ3) is 4.56. The second-order valence-corrected chi connectivity index (χ2v) is 17.6. The van der Waals surface area contributed by atoms with Crippen molar-refractivity contribution in [2.75, 3.05) is 4.90 Å². The number of hydrogen-bond acceptors (Lipinski definition) is 1. The summed E-state index contributed by atoms with van der Waals surface area (Å²) in [5, 5.41) is 7.55. The van der Waals surface area contributed by atoms with E-state index in [0.29, 0.717) is 0 Å². The number of para-hydroxylation sites is 6. The molecular weight excluding hydrogens is 787 g/mol. The van der Waals surface area contributed by atoms with Crippen molar-refractivity contribution in [2.24, 2.45) is 0 Å². The lowest BCUT2D eigenvalue weighted by molar-refractivity contribution is 1.17. The van der Waals surface area contributed by atoms with Crippen LogP contribution >= 0.6 is 0 Å². The molecule has 4 nitrogen and oxygen atoms in total. The third-order valence-electron chi connectivity index (χ3n) is 14.4. The molecule has 3 aromatic heterocycles. The standard InChI is InChI=1S/C60H37BN4/c1-5-19-38(20-6-1)39-35-36-50-47(37-39)61-46-30-17-29-45-55-59-53(43-27-13-15-31-48(43)64(59)42-25-11-4-12-26-42)58-54(44-28-14-16-32-49(44)63(58)41-23-9-3-10-24-41)60(55)65(57(45)46)52-34-18-33-51(56(52)61)62(50)40-21-7-2-8-22-40/h1-37H. The largest absolute Gasteiger partial charge is 0.311 e. The number of nitrogens with zero attached hydrogens (tertiary/aromatic N) is 4. The van der Waals surface area contributed by atoms with Crippen molar-refractivity contribution in [3.63, 3.8) is 0 Å². The summed E-state index contributed by atoms with van der Waals surface area (Å²) >= 11 is 0. The number of hydrogen-bond donors (Lipinski definition) is 0. The molecule has 2 aliphatic rings. The van der Waals surface area contributed by atoms with E-state index in [0.717, 1.165) is 17.1 Å². The van der Waals surface area contributed by atoms with Gasteiger partial charge < -0.3 is 18.6 Å². The molecule has 13 aromatic rings. The van der Waals surface area contributed by atoms with Crippen molar-refractivity contribution in [1.82, 2.24) is 13.7 Å². The average Bonchev–Trinajstić information content (AvgIpc) is 4.03. The molecule has 0 atom stereocenters. The van der Waals surface area contributed by atoms with Gasteiger partial charge in [-0.3, -0.25) is 0 Å². The summed E-state index contributed by atoms with van der Waals surface area (Å²) < 4.78 is 7.74. The number of fused-ring (bicyclic) bond motifs is 16. The van der Waals surface area contributed by atoms with Crippen LogP contribution in [-0.2, 0) is 0 Å². The fraction of sp³-hybridized carbons (Fsp3) is 0. The van der Waals surface area contributed by atoms with Crippen LogP contribution in [0.3, 0.4) is 0 Å². The predicted octanol–water partition coefficient (Wildman–Crippen LogP) is 13.3. The highest BCUT2D eigenvalue weighted by Gasteiger charge is 2.43. The van der Waals surface area contributed by atoms with Crippen molar-refractivity contribution >= 4 is 106 Å². The molecule has 65 heavy (non-hydrogen) atoms. The zero-order valence-electron chi connectivity index (χ0n) is 35.2. The Balaban J connectivity index is 1.20. The van der Waals surface area contributed by atoms with Crippen LogP contribution in [0, 0.1) is 0 Å². The van der Waals surface area contributed by atoms with Gasteiger partial charge in [-0.05, 0) is 94.2 Å². The Morgan fingerprint density at radius 1 is 0.292 bits per heavy atom. The third-order valence-corrected chi connectivity index (χ3v) is 14.4. The van der Waals surface area contributed by atoms with Gasteiger partial charge in [0.1, 0.15) is 0 Å². The van der Waals surface area contributed by atoms with Crippen LogP contribution in [0.15, 0.2) is 224 Å². The Morgan fingerprint density at radius 2 is 0.785 bits per heavy atom. The fourth-order valence-electron chi connectivity index (χ4n) is 11.9. The SMILES string of the molecule is c1ccc(-c2ccc3c(c2)B2c4c(cccc4-n4c5c2cccc5c2c5c(c6ccccc6n5-c5ccccc5)c5c(c6ccccc6n5-c5ccccc5)c24)N3c2ccccc2)cc1. The van der Waals surface area contributed by atoms with Crippen LogP contribution in [0.1, 0.15) is 0 Å². The molecular formula is C60H37BN4. The van der Waals surface area contributed by atoms with E-state index in [1.54, 1.807) is 0 Å². The molecule has 300 valence electrons. The zero-order valence-corrected chi connectivity index (χ0v) is 35.2. The average molecular weight is 825 g/mol. The molecule has 0 unspecified atom stereocenters. The zero-order chi connectivity index (χ0) is 42.3. The molecule has 0 saturated heterocycles. The highest BCUT2D eigenvalue weighted by Crippen LogP contribution is 2.51. The van der Waals surface area contributed by atoms with Gasteiger partial charge in [0.05, 0.1) is 27.6 Å². The van der Waals surface area contributed by atoms with Gasteiger partial charge >= 0.3 is 0 Å². The maximum absolute atomic E-state index is 2.67. The molecule has 10 aromatic carbocycles. The second-order valence-electron chi connectivity index (χ2n) is 17.6. The van der Waals surface area contributed by atoms with Gasteiger partial charge in [0, 0.05) is 72.0 Å². The molecule has 0 amide bonds. The lowest BCUT2D eigenvalue weighted by atomic mass is 9.33. The Kier molecular flexibility index (Phi) is 7.00. The van der Waals surface area contributed by atoms with Gasteiger partial charge in [-0.2, -0.15) is 0 Å². The summed E-state index contributed by atoms with van der Waals surface area (Å²) in [7, 11) is 0. The molecule has 0 radical (unpaired) electrons. The lowest BCUT2D eigenvalue weighted by Crippen LogP contribution is -2.60. The summed E-state index contributed by atoms with van der Waals surface area (Å²) in [6, 6.07) is 83.0. The van der Waals surface area contributed by atoms with Gasteiger partial charge in [-0.1, -0.05) is 158 Å². The second kappa shape index (κ2) is 13.0. The van der Waals surface area contributed by atoms with Crippen LogP contribution in [-0.4, -0.2) is 20.4 Å². The first-order valence-corrected chi connectivity index (χ1v) is 22.6. The van der Waals surface area contributed by atoms with Gasteiger partial charge in [0.15, 0.2) is 0 Å². The van der Waals surface area contributed by atoms with E-state index in [1.165, 1.54) is 110 Å². The smallest absolute Gasteiger partial charge is 0.252 e. The minimum Gasteiger partial charge on any atom is -0.311 e. The van der Waals surface area contributed by atoms with Crippen LogP contribution in [0.2, 0.25) is 0 Å². The van der Waals surface area contributed by atoms with E-state index >= 15 is 0 Å². The van der Waals surface area contributed by atoms with Crippen molar-refractivity contribution < 1.29 is 0 Å². The normalized spacial score (nSPS) is 12.9. The molecule has 15 rings (SSSR count). The highest BCUT2D eigenvalue weighted by atomic mass is 15.2. The molecule has 0 N–H and O–H groups in total. The maximum atomic E-state index is 2.67. The number of aromatic nitrogens is 3. The Morgan fingerprint density at radius 3 is 1.42 bits per heavy atom. The van der Waals surface area contributed by atoms with E-state index in [9.17, 15) is 0 Å². The highest BCUT2D eigenvalue weighted by molar-refractivity contribution is 7.00. The molecule has 0 bridgehead atoms. The summed E-state index contributed by atoms with van der Waals surface area (Å²) in [5.41, 5.74) is 20.9. The Hall–Kier alpha value is -8.54. The van der Waals surface area contributed by atoms with Crippen molar-refractivity contribution in [2.45, 2.75) is 0 Å². The van der Waals surface area contributed by atoms with Gasteiger partial charge in [-0.25, -0.2) is 0 Å². The number of rotatable bonds is 4. The molecule has 2 aliphatic heterocycles. The van der Waals surface area contributed by atoms with Gasteiger partial charge in [0.2, 0.25) is 0 Å². The monoisotopic (exact) mass is 824 g/mol. The summed E-state index contributed by atoms with van der Waals surface area (Å²) in [4.78, 5) is 2.50. The van der Waals surface area contributed by atoms with Crippen LogP contribution < -0.4 is 21.3 Å². The van der Waals surface area contributed by atoms with Crippen molar-refractivity contribution in [1.29, 1.82) is 0 Å². The summed E-state index contributed by atoms with van der Waals surface area (Å²) in [6.07, 6.45) is 0. The first-order chi connectivity index (χ1) is 32.3. The van der Waals surface area contributed by atoms with E-state index in [4.69, 9.17) is 0 Å². The lowest BCUT2D eigenvalue weighted by Gasteiger charge is -2.40. The quantitative estimate of drug-likeness (QED) is 0.162. The van der Waals surface area contributed by atoms with E-state index in [2.05, 4.69) is 243 Å². The van der Waals surface area contributed by atoms with Crippen molar-refractivity contribution in [3.8, 4) is 28.2 Å². The molecule has 0 saturated carbocycles. The first-order valence-electron chi connectivity index (χ1n) is 22.6. The van der Waals surface area contributed by atoms with Crippen LogP contribution in [0.4, 0.5) is 17.1 Å². The molecule has 5 heterocycles. The van der Waals surface area contributed by atoms with E-state index < -0.39 is 0 Å². The summed E-state index contributed by atoms with van der Waals surface area (Å²) in [6.45, 7) is -0.00281.